The Labute approximate surface area is 136 Å². The van der Waals surface area contributed by atoms with Gasteiger partial charge in [0.15, 0.2) is 6.10 Å². The number of hydrogen-bond acceptors (Lipinski definition) is 5. The fraction of sp³-hybridized carbons (Fsp3) is 0.333. The number of carboxylic acids is 1. The quantitative estimate of drug-likeness (QED) is 0.897. The van der Waals surface area contributed by atoms with Gasteiger partial charge in [0.05, 0.1) is 17.2 Å². The Balaban J connectivity index is 2.00. The molecule has 0 saturated carbocycles. The molecule has 22 heavy (non-hydrogen) atoms. The van der Waals surface area contributed by atoms with Crippen molar-refractivity contribution in [2.24, 2.45) is 0 Å². The summed E-state index contributed by atoms with van der Waals surface area (Å²) in [5.74, 6) is -0.478. The Morgan fingerprint density at radius 2 is 2.41 bits per heavy atom. The van der Waals surface area contributed by atoms with Gasteiger partial charge in [0.1, 0.15) is 5.75 Å². The number of benzene rings is 1. The number of nitrogens with one attached hydrogen (secondary N) is 1. The molecule has 3 rings (SSSR count). The first-order chi connectivity index (χ1) is 10.6. The van der Waals surface area contributed by atoms with Crippen LogP contribution in [0, 0.1) is 0 Å². The Morgan fingerprint density at radius 3 is 3.18 bits per heavy atom. The maximum absolute atomic E-state index is 11.0. The lowest BCUT2D eigenvalue weighted by molar-refractivity contribution is -0.144. The number of ether oxygens (including phenoxy) is 1. The summed E-state index contributed by atoms with van der Waals surface area (Å²) in [6, 6.07) is 5.16. The first kappa shape index (κ1) is 15.3. The van der Waals surface area contributed by atoms with Gasteiger partial charge in [0, 0.05) is 28.4 Å². The molecule has 2 N–H and O–H groups in total. The highest BCUT2D eigenvalue weighted by Gasteiger charge is 2.27. The van der Waals surface area contributed by atoms with Crippen molar-refractivity contribution >= 4 is 28.9 Å². The van der Waals surface area contributed by atoms with Crippen LogP contribution in [-0.4, -0.2) is 28.7 Å². The molecular weight excluding hydrogens is 324 g/mol. The molecule has 0 radical (unpaired) electrons. The largest absolute Gasteiger partial charge is 0.479 e. The zero-order valence-corrected chi connectivity index (χ0v) is 13.4. The summed E-state index contributed by atoms with van der Waals surface area (Å²) in [5.41, 5.74) is 3.74. The monoisotopic (exact) mass is 338 g/mol. The van der Waals surface area contributed by atoms with E-state index >= 15 is 0 Å². The number of fused-ring (bicyclic) bond motifs is 1. The van der Waals surface area contributed by atoms with Gasteiger partial charge < -0.3 is 15.2 Å². The van der Waals surface area contributed by atoms with Crippen LogP contribution in [0.3, 0.4) is 0 Å². The molecule has 7 heteroatoms. The average molecular weight is 339 g/mol. The highest BCUT2D eigenvalue weighted by Crippen LogP contribution is 2.37. The Bertz CT molecular complexity index is 704. The minimum atomic E-state index is -1.00. The van der Waals surface area contributed by atoms with Gasteiger partial charge in [-0.05, 0) is 25.1 Å². The van der Waals surface area contributed by atoms with Crippen molar-refractivity contribution in [1.82, 2.24) is 10.3 Å². The minimum absolute atomic E-state index is 0.0778. The molecule has 1 unspecified atom stereocenters. The van der Waals surface area contributed by atoms with Crippen LogP contribution in [0.1, 0.15) is 29.1 Å². The number of aliphatic carboxylic acids is 1. The molecule has 1 aliphatic rings. The van der Waals surface area contributed by atoms with E-state index in [4.69, 9.17) is 21.4 Å². The van der Waals surface area contributed by atoms with Crippen LogP contribution in [0.25, 0.3) is 0 Å². The first-order valence-electron chi connectivity index (χ1n) is 6.91. The number of aromatic nitrogens is 1. The molecule has 0 aliphatic carbocycles. The van der Waals surface area contributed by atoms with Gasteiger partial charge in [-0.2, -0.15) is 0 Å². The van der Waals surface area contributed by atoms with Crippen molar-refractivity contribution < 1.29 is 14.6 Å². The Hall–Kier alpha value is -1.63. The third-order valence-corrected chi connectivity index (χ3v) is 4.75. The van der Waals surface area contributed by atoms with Crippen LogP contribution in [0.4, 0.5) is 0 Å². The summed E-state index contributed by atoms with van der Waals surface area (Å²) in [6.07, 6.45) is -0.0399. The number of nitrogens with zero attached hydrogens (tertiary/aromatic N) is 1. The van der Waals surface area contributed by atoms with Gasteiger partial charge in [-0.25, -0.2) is 9.78 Å². The third kappa shape index (κ3) is 2.95. The first-order valence-corrected chi connectivity index (χ1v) is 8.16. The van der Waals surface area contributed by atoms with Crippen molar-refractivity contribution in [2.75, 3.05) is 6.54 Å². The van der Waals surface area contributed by atoms with E-state index in [-0.39, 0.29) is 6.04 Å². The second-order valence-corrected chi connectivity index (χ2v) is 6.40. The summed E-state index contributed by atoms with van der Waals surface area (Å²) < 4.78 is 5.59. The fourth-order valence-corrected chi connectivity index (χ4v) is 3.58. The molecule has 1 aromatic carbocycles. The van der Waals surface area contributed by atoms with E-state index in [0.717, 1.165) is 29.1 Å². The molecule has 0 saturated heterocycles. The molecule has 0 spiro atoms. The van der Waals surface area contributed by atoms with E-state index < -0.39 is 12.1 Å². The van der Waals surface area contributed by atoms with Gasteiger partial charge in [-0.1, -0.05) is 11.6 Å². The van der Waals surface area contributed by atoms with E-state index in [9.17, 15) is 4.79 Å². The minimum Gasteiger partial charge on any atom is -0.479 e. The van der Waals surface area contributed by atoms with E-state index in [1.165, 1.54) is 6.92 Å². The molecule has 2 heterocycles. The number of hydrogen-bond donors (Lipinski definition) is 2. The van der Waals surface area contributed by atoms with Crippen LogP contribution in [0.15, 0.2) is 23.7 Å². The maximum Gasteiger partial charge on any atom is 0.344 e. The summed E-state index contributed by atoms with van der Waals surface area (Å²) in [7, 11) is 0. The SMILES string of the molecule is C[C@@H](Oc1ccc(Cl)cc1C1NCCc2ncsc21)C(=O)O. The highest BCUT2D eigenvalue weighted by atomic mass is 35.5. The molecule has 2 atom stereocenters. The van der Waals surface area contributed by atoms with Crippen molar-refractivity contribution in [3.63, 3.8) is 0 Å². The number of thiazole rings is 1. The second kappa shape index (κ2) is 6.24. The molecule has 5 nitrogen and oxygen atoms in total. The smallest absolute Gasteiger partial charge is 0.344 e. The molecule has 2 aromatic rings. The van der Waals surface area contributed by atoms with Crippen molar-refractivity contribution in [2.45, 2.75) is 25.5 Å². The summed E-state index contributed by atoms with van der Waals surface area (Å²) in [5, 5.41) is 13.1. The lowest BCUT2D eigenvalue weighted by Gasteiger charge is -2.26. The van der Waals surface area contributed by atoms with Gasteiger partial charge in [-0.3, -0.25) is 0 Å². The Kier molecular flexibility index (Phi) is 4.33. The molecule has 0 fully saturated rings. The number of halogens is 1. The van der Waals surface area contributed by atoms with E-state index in [0.29, 0.717) is 10.8 Å². The van der Waals surface area contributed by atoms with Crippen molar-refractivity contribution in [3.05, 3.63) is 44.9 Å². The molecule has 1 aliphatic heterocycles. The van der Waals surface area contributed by atoms with Crippen LogP contribution >= 0.6 is 22.9 Å². The van der Waals surface area contributed by atoms with Gasteiger partial charge in [0.25, 0.3) is 0 Å². The highest BCUT2D eigenvalue weighted by molar-refractivity contribution is 7.09. The lowest BCUT2D eigenvalue weighted by atomic mass is 9.99. The molecule has 116 valence electrons. The second-order valence-electron chi connectivity index (χ2n) is 5.08. The zero-order valence-electron chi connectivity index (χ0n) is 11.9. The molecule has 0 bridgehead atoms. The summed E-state index contributed by atoms with van der Waals surface area (Å²) in [6.45, 7) is 2.31. The molecule has 1 aromatic heterocycles. The van der Waals surface area contributed by atoms with E-state index in [1.54, 1.807) is 23.5 Å². The predicted molar refractivity (Wildman–Crippen MR) is 84.8 cm³/mol. The number of carbonyl (C=O) groups is 1. The fourth-order valence-electron chi connectivity index (χ4n) is 2.47. The van der Waals surface area contributed by atoms with Crippen LogP contribution in [0.5, 0.6) is 5.75 Å². The van der Waals surface area contributed by atoms with Crippen molar-refractivity contribution in [3.8, 4) is 5.75 Å². The standard InChI is InChI=1S/C15H15ClN2O3S/c1-8(15(19)20)21-12-3-2-9(16)6-10(12)13-14-11(4-5-17-13)18-7-22-14/h2-3,6-8,13,17H,4-5H2,1H3,(H,19,20)/t8-,13?/m1/s1. The number of rotatable bonds is 4. The van der Waals surface area contributed by atoms with Crippen LogP contribution in [-0.2, 0) is 11.2 Å². The predicted octanol–water partition coefficient (Wildman–Crippen LogP) is 2.88. The maximum atomic E-state index is 11.0. The van der Waals surface area contributed by atoms with Crippen molar-refractivity contribution in [1.29, 1.82) is 0 Å². The lowest BCUT2D eigenvalue weighted by Crippen LogP contribution is -2.31. The molecule has 0 amide bonds. The van der Waals surface area contributed by atoms with Gasteiger partial charge in [-0.15, -0.1) is 11.3 Å². The van der Waals surface area contributed by atoms with Gasteiger partial charge >= 0.3 is 5.97 Å². The zero-order chi connectivity index (χ0) is 15.7. The van der Waals surface area contributed by atoms with E-state index in [2.05, 4.69) is 10.3 Å². The topological polar surface area (TPSA) is 71.5 Å². The van der Waals surface area contributed by atoms with Crippen LogP contribution in [0.2, 0.25) is 5.02 Å². The third-order valence-electron chi connectivity index (χ3n) is 3.58. The van der Waals surface area contributed by atoms with Crippen LogP contribution < -0.4 is 10.1 Å². The normalized spacial score (nSPS) is 18.5. The summed E-state index contributed by atoms with van der Waals surface area (Å²) >= 11 is 7.70. The Morgan fingerprint density at radius 1 is 1.59 bits per heavy atom. The average Bonchev–Trinajstić information content (AvgIpc) is 2.97. The summed E-state index contributed by atoms with van der Waals surface area (Å²) in [4.78, 5) is 16.6. The van der Waals surface area contributed by atoms with E-state index in [1.807, 2.05) is 11.6 Å². The molecular formula is C15H15ClN2O3S. The van der Waals surface area contributed by atoms with Gasteiger partial charge in [0.2, 0.25) is 0 Å². The number of carboxylic acid groups (broad SMARTS) is 1.